The summed E-state index contributed by atoms with van der Waals surface area (Å²) < 4.78 is 33.4. The minimum absolute atomic E-state index is 0.0625. The van der Waals surface area contributed by atoms with E-state index in [0.29, 0.717) is 12.0 Å². The van der Waals surface area contributed by atoms with Crippen LogP contribution in [0.5, 0.6) is 5.75 Å². The lowest BCUT2D eigenvalue weighted by atomic mass is 10.1. The molecule has 0 fully saturated rings. The van der Waals surface area contributed by atoms with Gasteiger partial charge in [0.1, 0.15) is 12.4 Å². The van der Waals surface area contributed by atoms with E-state index >= 15 is 0 Å². The van der Waals surface area contributed by atoms with Crippen molar-refractivity contribution in [1.82, 2.24) is 0 Å². The van der Waals surface area contributed by atoms with Crippen molar-refractivity contribution in [2.24, 2.45) is 0 Å². The van der Waals surface area contributed by atoms with Gasteiger partial charge >= 0.3 is 15.2 Å². The van der Waals surface area contributed by atoms with Gasteiger partial charge in [-0.05, 0) is 25.0 Å². The van der Waals surface area contributed by atoms with Crippen molar-refractivity contribution in [3.63, 3.8) is 0 Å². The zero-order valence-corrected chi connectivity index (χ0v) is 12.9. The van der Waals surface area contributed by atoms with Gasteiger partial charge in [0.2, 0.25) is 0 Å². The van der Waals surface area contributed by atoms with Crippen LogP contribution in [0.25, 0.3) is 0 Å². The largest absolute Gasteiger partial charge is 0.390 e. The van der Waals surface area contributed by atoms with Crippen LogP contribution in [0.3, 0.4) is 0 Å². The first-order valence-corrected chi connectivity index (χ1v) is 7.86. The quantitative estimate of drug-likeness (QED) is 0.402. The first-order chi connectivity index (χ1) is 10.3. The molecule has 8 heteroatoms. The van der Waals surface area contributed by atoms with Gasteiger partial charge in [0, 0.05) is 6.61 Å². The molecule has 0 radical (unpaired) electrons. The van der Waals surface area contributed by atoms with Crippen LogP contribution in [-0.2, 0) is 26.1 Å². The molecule has 0 heterocycles. The fourth-order valence-corrected chi connectivity index (χ4v) is 2.66. The number of ether oxygens (including phenoxy) is 1. The van der Waals surface area contributed by atoms with Crippen LogP contribution in [0.4, 0.5) is 0 Å². The number of benzene rings is 1. The molecule has 0 amide bonds. The average molecular weight is 330 g/mol. The Bertz CT molecular complexity index is 638. The zero-order valence-electron chi connectivity index (χ0n) is 12.1. The van der Waals surface area contributed by atoms with Gasteiger partial charge < -0.3 is 19.1 Å². The molecular weight excluding hydrogens is 312 g/mol. The van der Waals surface area contributed by atoms with Gasteiger partial charge in [0.05, 0.1) is 0 Å². The van der Waals surface area contributed by atoms with E-state index in [-0.39, 0.29) is 12.4 Å². The van der Waals surface area contributed by atoms with Crippen LogP contribution in [0.15, 0.2) is 36.9 Å². The number of aliphatic hydroxyl groups excluding tert-OH is 1. The van der Waals surface area contributed by atoms with Gasteiger partial charge in [-0.25, -0.2) is 0 Å². The molecule has 22 heavy (non-hydrogen) atoms. The number of aliphatic hydroxyl groups is 2. The summed E-state index contributed by atoms with van der Waals surface area (Å²) in [5, 5.41) is 17.0. The predicted molar refractivity (Wildman–Crippen MR) is 78.6 cm³/mol. The summed E-state index contributed by atoms with van der Waals surface area (Å²) in [6.45, 7) is 3.58. The Balaban J connectivity index is 3.10. The third-order valence-electron chi connectivity index (χ3n) is 2.68. The number of para-hydroxylation sites is 1. The van der Waals surface area contributed by atoms with Crippen molar-refractivity contribution in [3.8, 4) is 5.75 Å². The molecule has 0 aliphatic heterocycles. The highest BCUT2D eigenvalue weighted by molar-refractivity contribution is 8.02. The third-order valence-corrected chi connectivity index (χ3v) is 3.85. The zero-order chi connectivity index (χ0) is 16.8. The first kappa shape index (κ1) is 18.3. The maximum atomic E-state index is 12.0. The van der Waals surface area contributed by atoms with Gasteiger partial charge in [-0.2, -0.15) is 8.42 Å². The molecule has 0 saturated heterocycles. The first-order valence-electron chi connectivity index (χ1n) is 6.45. The Hall–Kier alpha value is -1.74. The van der Waals surface area contributed by atoms with Crippen LogP contribution >= 0.6 is 0 Å². The Labute approximate surface area is 128 Å². The normalized spacial score (nSPS) is 14.1. The minimum Gasteiger partial charge on any atom is -0.390 e. The lowest BCUT2D eigenvalue weighted by Crippen LogP contribution is -2.49. The Morgan fingerprint density at radius 1 is 1.41 bits per heavy atom. The highest BCUT2D eigenvalue weighted by atomic mass is 32.2. The van der Waals surface area contributed by atoms with E-state index in [2.05, 4.69) is 11.3 Å². The molecule has 0 saturated carbocycles. The van der Waals surface area contributed by atoms with E-state index in [4.69, 9.17) is 9.29 Å². The molecule has 122 valence electrons. The summed E-state index contributed by atoms with van der Waals surface area (Å²) in [5.74, 6) is -2.92. The van der Waals surface area contributed by atoms with E-state index in [9.17, 15) is 18.3 Å². The number of allylic oxidation sites excluding steroid dienone is 1. The van der Waals surface area contributed by atoms with Crippen LogP contribution in [0, 0.1) is 0 Å². The molecule has 1 aromatic carbocycles. The molecule has 0 aliphatic rings. The Morgan fingerprint density at radius 2 is 2.05 bits per heavy atom. The molecule has 2 N–H and O–H groups in total. The smallest absolute Gasteiger partial charge is 0.379 e. The Morgan fingerprint density at radius 3 is 2.59 bits per heavy atom. The third kappa shape index (κ3) is 4.14. The van der Waals surface area contributed by atoms with Crippen LogP contribution < -0.4 is 4.18 Å². The van der Waals surface area contributed by atoms with Crippen molar-refractivity contribution in [2.75, 3.05) is 13.2 Å². The lowest BCUT2D eigenvalue weighted by Gasteiger charge is -2.23. The second-order valence-electron chi connectivity index (χ2n) is 4.30. The standard InChI is InChI=1S/C14H18O7S/c1-3-7-11-8-5-6-9-12(11)21-22(18,19)13(16)14(17,10-15)20-4-2/h3,5-6,8-9,15,17H,1,4,7,10H2,2H3. The van der Waals surface area contributed by atoms with Crippen LogP contribution in [0.1, 0.15) is 12.5 Å². The molecule has 0 spiro atoms. The van der Waals surface area contributed by atoms with Gasteiger partial charge in [0.15, 0.2) is 0 Å². The minimum atomic E-state index is -4.85. The summed E-state index contributed by atoms with van der Waals surface area (Å²) in [6, 6.07) is 6.17. The number of hydrogen-bond donors (Lipinski definition) is 2. The molecule has 1 rings (SSSR count). The van der Waals surface area contributed by atoms with Gasteiger partial charge in [-0.1, -0.05) is 24.3 Å². The predicted octanol–water partition coefficient (Wildman–Crippen LogP) is 0.368. The van der Waals surface area contributed by atoms with Crippen molar-refractivity contribution in [1.29, 1.82) is 0 Å². The molecule has 1 atom stereocenters. The van der Waals surface area contributed by atoms with Gasteiger partial charge in [0.25, 0.3) is 5.79 Å². The monoisotopic (exact) mass is 330 g/mol. The SMILES string of the molecule is C=CCc1ccccc1OS(=O)(=O)C(=O)C(O)(CO)OCC. The van der Waals surface area contributed by atoms with Crippen molar-refractivity contribution < 1.29 is 32.3 Å². The van der Waals surface area contributed by atoms with Crippen molar-refractivity contribution >= 4 is 15.2 Å². The molecular formula is C14H18O7S. The average Bonchev–Trinajstić information content (AvgIpc) is 2.48. The second-order valence-corrected chi connectivity index (χ2v) is 5.75. The fraction of sp³-hybridized carbons (Fsp3) is 0.357. The van der Waals surface area contributed by atoms with Gasteiger partial charge in [-0.15, -0.1) is 6.58 Å². The second kappa shape index (κ2) is 7.50. The topological polar surface area (TPSA) is 110 Å². The van der Waals surface area contributed by atoms with E-state index in [1.165, 1.54) is 19.1 Å². The number of rotatable bonds is 8. The van der Waals surface area contributed by atoms with E-state index < -0.39 is 27.6 Å². The highest BCUT2D eigenvalue weighted by Crippen LogP contribution is 2.23. The summed E-state index contributed by atoms with van der Waals surface area (Å²) in [7, 11) is -4.85. The van der Waals surface area contributed by atoms with E-state index in [1.54, 1.807) is 18.2 Å². The maximum absolute atomic E-state index is 12.0. The summed E-state index contributed by atoms with van der Waals surface area (Å²) >= 11 is 0. The number of carbonyl (C=O) groups is 1. The van der Waals surface area contributed by atoms with Crippen LogP contribution in [0.2, 0.25) is 0 Å². The van der Waals surface area contributed by atoms with E-state index in [0.717, 1.165) is 0 Å². The summed E-state index contributed by atoms with van der Waals surface area (Å²) in [4.78, 5) is 11.9. The van der Waals surface area contributed by atoms with Crippen LogP contribution in [-0.4, -0.2) is 42.7 Å². The molecule has 0 aliphatic carbocycles. The van der Waals surface area contributed by atoms with Crippen molar-refractivity contribution in [3.05, 3.63) is 42.5 Å². The summed E-state index contributed by atoms with van der Waals surface area (Å²) in [5.41, 5.74) is 0.498. The van der Waals surface area contributed by atoms with Crippen molar-refractivity contribution in [2.45, 2.75) is 19.1 Å². The Kier molecular flexibility index (Phi) is 6.24. The highest BCUT2D eigenvalue weighted by Gasteiger charge is 2.46. The molecule has 7 nitrogen and oxygen atoms in total. The molecule has 0 aromatic heterocycles. The van der Waals surface area contributed by atoms with E-state index in [1.807, 2.05) is 0 Å². The fourth-order valence-electron chi connectivity index (χ4n) is 1.67. The lowest BCUT2D eigenvalue weighted by molar-refractivity contribution is -0.210. The molecule has 0 bridgehead atoms. The number of hydrogen-bond acceptors (Lipinski definition) is 7. The molecule has 1 unspecified atom stereocenters. The molecule has 1 aromatic rings. The summed E-state index contributed by atoms with van der Waals surface area (Å²) in [6.07, 6.45) is 1.87. The number of carbonyl (C=O) groups excluding carboxylic acids is 1. The van der Waals surface area contributed by atoms with Gasteiger partial charge in [-0.3, -0.25) is 4.79 Å². The maximum Gasteiger partial charge on any atom is 0.379 e.